The van der Waals surface area contributed by atoms with Gasteiger partial charge in [-0.1, -0.05) is 13.3 Å². The van der Waals surface area contributed by atoms with Crippen molar-refractivity contribution in [2.24, 2.45) is 5.92 Å². The molecule has 1 rings (SSSR count). The van der Waals surface area contributed by atoms with Crippen molar-refractivity contribution in [2.75, 3.05) is 13.1 Å². The predicted molar refractivity (Wildman–Crippen MR) is 40.2 cm³/mol. The summed E-state index contributed by atoms with van der Waals surface area (Å²) < 4.78 is 0. The van der Waals surface area contributed by atoms with Crippen LogP contribution in [0.15, 0.2) is 0 Å². The summed E-state index contributed by atoms with van der Waals surface area (Å²) in [6.45, 7) is 4.67. The maximum Gasteiger partial charge on any atom is -0.00462 e. The van der Waals surface area contributed by atoms with E-state index in [0.717, 1.165) is 5.92 Å². The van der Waals surface area contributed by atoms with Gasteiger partial charge in [0.25, 0.3) is 0 Å². The van der Waals surface area contributed by atoms with Gasteiger partial charge in [0.1, 0.15) is 0 Å². The Labute approximate surface area is 57.8 Å². The standard InChI is InChI=1S/C8H16N/c1-2-3-8-4-6-9-7-5-8/h3,8-9H,2,4-7H2,1H3. The van der Waals surface area contributed by atoms with Crippen molar-refractivity contribution in [1.82, 2.24) is 5.32 Å². The van der Waals surface area contributed by atoms with Crippen LogP contribution >= 0.6 is 0 Å². The summed E-state index contributed by atoms with van der Waals surface area (Å²) in [4.78, 5) is 0. The van der Waals surface area contributed by atoms with E-state index in [1.165, 1.54) is 32.4 Å². The molecule has 0 spiro atoms. The lowest BCUT2D eigenvalue weighted by atomic mass is 9.94. The Balaban J connectivity index is 2.08. The van der Waals surface area contributed by atoms with E-state index < -0.39 is 0 Å². The molecule has 0 aromatic heterocycles. The summed E-state index contributed by atoms with van der Waals surface area (Å²) in [6.07, 6.45) is 6.40. The van der Waals surface area contributed by atoms with Gasteiger partial charge in [0.2, 0.25) is 0 Å². The molecule has 1 radical (unpaired) electrons. The largest absolute Gasteiger partial charge is 0.317 e. The SMILES string of the molecule is CC[CH]C1CCNCC1. The fourth-order valence-electron chi connectivity index (χ4n) is 1.41. The van der Waals surface area contributed by atoms with Gasteiger partial charge in [0.15, 0.2) is 0 Å². The molecule has 0 aliphatic carbocycles. The first-order valence-electron chi connectivity index (χ1n) is 3.97. The van der Waals surface area contributed by atoms with E-state index in [2.05, 4.69) is 18.7 Å². The van der Waals surface area contributed by atoms with Crippen LogP contribution in [0.25, 0.3) is 0 Å². The molecule has 0 bridgehead atoms. The molecule has 0 saturated carbocycles. The first-order valence-corrected chi connectivity index (χ1v) is 3.97. The minimum Gasteiger partial charge on any atom is -0.317 e. The zero-order chi connectivity index (χ0) is 6.53. The lowest BCUT2D eigenvalue weighted by Crippen LogP contribution is -2.27. The Morgan fingerprint density at radius 2 is 2.11 bits per heavy atom. The Morgan fingerprint density at radius 3 is 2.67 bits per heavy atom. The second-order valence-electron chi connectivity index (χ2n) is 2.73. The van der Waals surface area contributed by atoms with Crippen LogP contribution in [0.5, 0.6) is 0 Å². The normalized spacial score (nSPS) is 22.3. The molecule has 0 aromatic carbocycles. The second-order valence-corrected chi connectivity index (χ2v) is 2.73. The van der Waals surface area contributed by atoms with Crippen molar-refractivity contribution in [2.45, 2.75) is 26.2 Å². The molecule has 1 fully saturated rings. The van der Waals surface area contributed by atoms with Gasteiger partial charge in [-0.25, -0.2) is 0 Å². The van der Waals surface area contributed by atoms with Crippen LogP contribution in [-0.4, -0.2) is 13.1 Å². The lowest BCUT2D eigenvalue weighted by molar-refractivity contribution is 0.409. The van der Waals surface area contributed by atoms with Gasteiger partial charge in [-0.15, -0.1) is 0 Å². The van der Waals surface area contributed by atoms with E-state index in [0.29, 0.717) is 0 Å². The third kappa shape index (κ3) is 2.35. The minimum atomic E-state index is 0.913. The van der Waals surface area contributed by atoms with Gasteiger partial charge in [-0.05, 0) is 38.3 Å². The van der Waals surface area contributed by atoms with Gasteiger partial charge < -0.3 is 5.32 Å². The van der Waals surface area contributed by atoms with Crippen LogP contribution in [0.3, 0.4) is 0 Å². The molecule has 1 heterocycles. The maximum atomic E-state index is 3.35. The molecular weight excluding hydrogens is 110 g/mol. The third-order valence-corrected chi connectivity index (χ3v) is 1.95. The summed E-state index contributed by atoms with van der Waals surface area (Å²) in [5, 5.41) is 3.35. The summed E-state index contributed by atoms with van der Waals surface area (Å²) >= 11 is 0. The number of piperidine rings is 1. The van der Waals surface area contributed by atoms with Crippen molar-refractivity contribution < 1.29 is 0 Å². The highest BCUT2D eigenvalue weighted by Gasteiger charge is 2.10. The molecule has 0 atom stereocenters. The van der Waals surface area contributed by atoms with Crippen molar-refractivity contribution in [3.63, 3.8) is 0 Å². The Hall–Kier alpha value is -0.0400. The zero-order valence-electron chi connectivity index (χ0n) is 6.19. The van der Waals surface area contributed by atoms with Crippen LogP contribution in [0.1, 0.15) is 26.2 Å². The van der Waals surface area contributed by atoms with Crippen LogP contribution in [0, 0.1) is 12.3 Å². The molecule has 1 heteroatoms. The van der Waals surface area contributed by atoms with E-state index in [1.807, 2.05) is 0 Å². The summed E-state index contributed by atoms with van der Waals surface area (Å²) in [7, 11) is 0. The second kappa shape index (κ2) is 3.89. The molecule has 0 amide bonds. The highest BCUT2D eigenvalue weighted by molar-refractivity contribution is 4.79. The van der Waals surface area contributed by atoms with Crippen molar-refractivity contribution in [1.29, 1.82) is 0 Å². The molecule has 1 nitrogen and oxygen atoms in total. The Bertz CT molecular complexity index is 62.2. The topological polar surface area (TPSA) is 12.0 Å². The first-order chi connectivity index (χ1) is 4.43. The fraction of sp³-hybridized carbons (Fsp3) is 0.875. The van der Waals surface area contributed by atoms with Crippen LogP contribution < -0.4 is 5.32 Å². The van der Waals surface area contributed by atoms with E-state index in [4.69, 9.17) is 0 Å². The monoisotopic (exact) mass is 126 g/mol. The number of hydrogen-bond acceptors (Lipinski definition) is 1. The average Bonchev–Trinajstić information content (AvgIpc) is 1.91. The summed E-state index contributed by atoms with van der Waals surface area (Å²) in [5.41, 5.74) is 0. The Kier molecular flexibility index (Phi) is 3.05. The smallest absolute Gasteiger partial charge is 0.00462 e. The molecule has 53 valence electrons. The van der Waals surface area contributed by atoms with Gasteiger partial charge in [-0.3, -0.25) is 0 Å². The van der Waals surface area contributed by atoms with Crippen LogP contribution in [-0.2, 0) is 0 Å². The minimum absolute atomic E-state index is 0.913. The van der Waals surface area contributed by atoms with Crippen LogP contribution in [0.2, 0.25) is 0 Å². The van der Waals surface area contributed by atoms with Gasteiger partial charge >= 0.3 is 0 Å². The summed E-state index contributed by atoms with van der Waals surface area (Å²) in [5.74, 6) is 0.913. The van der Waals surface area contributed by atoms with E-state index in [9.17, 15) is 0 Å². The molecule has 1 aliphatic rings. The molecule has 0 unspecified atom stereocenters. The van der Waals surface area contributed by atoms with E-state index >= 15 is 0 Å². The Morgan fingerprint density at radius 1 is 1.44 bits per heavy atom. The quantitative estimate of drug-likeness (QED) is 0.592. The van der Waals surface area contributed by atoms with E-state index in [-0.39, 0.29) is 0 Å². The van der Waals surface area contributed by atoms with Gasteiger partial charge in [-0.2, -0.15) is 0 Å². The number of nitrogens with one attached hydrogen (secondary N) is 1. The molecule has 1 N–H and O–H groups in total. The molecule has 1 saturated heterocycles. The van der Waals surface area contributed by atoms with Gasteiger partial charge in [0.05, 0.1) is 0 Å². The highest BCUT2D eigenvalue weighted by atomic mass is 14.9. The van der Waals surface area contributed by atoms with Gasteiger partial charge in [0, 0.05) is 0 Å². The van der Waals surface area contributed by atoms with Crippen molar-refractivity contribution in [3.05, 3.63) is 6.42 Å². The maximum absolute atomic E-state index is 3.35. The van der Waals surface area contributed by atoms with E-state index in [1.54, 1.807) is 0 Å². The van der Waals surface area contributed by atoms with Crippen LogP contribution in [0.4, 0.5) is 0 Å². The molecule has 0 aromatic rings. The molecule has 9 heavy (non-hydrogen) atoms. The summed E-state index contributed by atoms with van der Waals surface area (Å²) in [6, 6.07) is 0. The zero-order valence-corrected chi connectivity index (χ0v) is 6.19. The molecular formula is C8H16N. The average molecular weight is 126 g/mol. The first kappa shape index (κ1) is 7.07. The fourth-order valence-corrected chi connectivity index (χ4v) is 1.41. The molecule has 1 aliphatic heterocycles. The lowest BCUT2D eigenvalue weighted by Gasteiger charge is -2.21. The third-order valence-electron chi connectivity index (χ3n) is 1.95. The number of hydrogen-bond donors (Lipinski definition) is 1. The highest BCUT2D eigenvalue weighted by Crippen LogP contribution is 2.15. The van der Waals surface area contributed by atoms with Crippen molar-refractivity contribution in [3.8, 4) is 0 Å². The predicted octanol–water partition coefficient (Wildman–Crippen LogP) is 1.60. The van der Waals surface area contributed by atoms with Crippen molar-refractivity contribution >= 4 is 0 Å². The number of rotatable bonds is 2.